The third kappa shape index (κ3) is 5.43. The Balaban J connectivity index is 0.00000225. The van der Waals surface area contributed by atoms with Crippen molar-refractivity contribution in [1.29, 1.82) is 0 Å². The Hall–Kier alpha value is -0.610. The first-order chi connectivity index (χ1) is 11.7. The number of aliphatic imine (C=N–C) groups is 1. The van der Waals surface area contributed by atoms with Crippen molar-refractivity contribution in [2.45, 2.75) is 32.1 Å². The standard InChI is InChI=1S/C17H29N5OS.HI/c1-23-12-6-17(4-2-3-5-17)14-20-15(18)21-8-10-22(11-9-21)16-19-7-13-24-16;/h7,13H,2-6,8-12,14H2,1H3,(H2,18,20);1H. The first-order valence-electron chi connectivity index (χ1n) is 8.91. The van der Waals surface area contributed by atoms with E-state index in [1.807, 2.05) is 11.6 Å². The number of halogens is 1. The summed E-state index contributed by atoms with van der Waals surface area (Å²) < 4.78 is 5.30. The van der Waals surface area contributed by atoms with Gasteiger partial charge in [0.05, 0.1) is 0 Å². The van der Waals surface area contributed by atoms with Crippen LogP contribution in [0.3, 0.4) is 0 Å². The molecule has 2 aliphatic rings. The lowest BCUT2D eigenvalue weighted by molar-refractivity contribution is 0.141. The first kappa shape index (κ1) is 20.7. The van der Waals surface area contributed by atoms with Crippen molar-refractivity contribution < 1.29 is 4.74 Å². The number of aromatic nitrogens is 1. The van der Waals surface area contributed by atoms with Gasteiger partial charge in [0.1, 0.15) is 0 Å². The van der Waals surface area contributed by atoms with E-state index in [-0.39, 0.29) is 24.0 Å². The van der Waals surface area contributed by atoms with Gasteiger partial charge in [0.15, 0.2) is 11.1 Å². The monoisotopic (exact) mass is 479 g/mol. The van der Waals surface area contributed by atoms with E-state index in [1.165, 1.54) is 25.7 Å². The van der Waals surface area contributed by atoms with E-state index in [9.17, 15) is 0 Å². The summed E-state index contributed by atoms with van der Waals surface area (Å²) in [4.78, 5) is 13.7. The molecule has 1 aromatic rings. The number of hydrogen-bond acceptors (Lipinski definition) is 5. The quantitative estimate of drug-likeness (QED) is 0.386. The van der Waals surface area contributed by atoms with E-state index < -0.39 is 0 Å². The highest BCUT2D eigenvalue weighted by atomic mass is 127. The number of rotatable bonds is 6. The van der Waals surface area contributed by atoms with Crippen molar-refractivity contribution in [3.8, 4) is 0 Å². The first-order valence-corrected chi connectivity index (χ1v) is 9.79. The summed E-state index contributed by atoms with van der Waals surface area (Å²) in [5.74, 6) is 0.706. The fraction of sp³-hybridized carbons (Fsp3) is 0.765. The van der Waals surface area contributed by atoms with Crippen LogP contribution < -0.4 is 10.6 Å². The van der Waals surface area contributed by atoms with E-state index in [0.717, 1.165) is 50.9 Å². The molecule has 0 bridgehead atoms. The molecule has 2 fully saturated rings. The van der Waals surface area contributed by atoms with E-state index in [4.69, 9.17) is 15.5 Å². The molecule has 3 rings (SSSR count). The van der Waals surface area contributed by atoms with Gasteiger partial charge in [0.2, 0.25) is 0 Å². The van der Waals surface area contributed by atoms with Crippen molar-refractivity contribution in [3.63, 3.8) is 0 Å². The van der Waals surface area contributed by atoms with Gasteiger partial charge >= 0.3 is 0 Å². The van der Waals surface area contributed by atoms with Crippen LogP contribution in [0.15, 0.2) is 16.6 Å². The third-order valence-electron chi connectivity index (χ3n) is 5.37. The maximum Gasteiger partial charge on any atom is 0.191 e. The van der Waals surface area contributed by atoms with Crippen molar-refractivity contribution >= 4 is 46.4 Å². The van der Waals surface area contributed by atoms with Crippen molar-refractivity contribution in [1.82, 2.24) is 9.88 Å². The van der Waals surface area contributed by atoms with Gasteiger partial charge in [0, 0.05) is 58.0 Å². The SMILES string of the molecule is COCCC1(CN=C(N)N2CCN(c3nccs3)CC2)CCCC1.I. The summed E-state index contributed by atoms with van der Waals surface area (Å²) in [6.45, 7) is 5.41. The number of nitrogens with zero attached hydrogens (tertiary/aromatic N) is 4. The molecule has 2 heterocycles. The van der Waals surface area contributed by atoms with E-state index in [1.54, 1.807) is 18.4 Å². The molecule has 1 aromatic heterocycles. The molecule has 25 heavy (non-hydrogen) atoms. The number of anilines is 1. The van der Waals surface area contributed by atoms with Crippen LogP contribution in [-0.4, -0.2) is 62.3 Å². The minimum atomic E-state index is 0. The zero-order valence-electron chi connectivity index (χ0n) is 15.0. The van der Waals surface area contributed by atoms with E-state index >= 15 is 0 Å². The molecule has 0 atom stereocenters. The van der Waals surface area contributed by atoms with Gasteiger partial charge in [0.25, 0.3) is 0 Å². The van der Waals surface area contributed by atoms with E-state index in [0.29, 0.717) is 11.4 Å². The lowest BCUT2D eigenvalue weighted by Gasteiger charge is -2.35. The summed E-state index contributed by atoms with van der Waals surface area (Å²) in [5.41, 5.74) is 6.60. The molecular formula is C17H30IN5OS. The van der Waals surface area contributed by atoms with Crippen LogP contribution in [0, 0.1) is 5.41 Å². The smallest absolute Gasteiger partial charge is 0.191 e. The van der Waals surface area contributed by atoms with Crippen LogP contribution in [0.2, 0.25) is 0 Å². The van der Waals surface area contributed by atoms with Gasteiger partial charge < -0.3 is 20.3 Å². The number of methoxy groups -OCH3 is 1. The Morgan fingerprint density at radius 3 is 2.64 bits per heavy atom. The molecule has 1 saturated heterocycles. The minimum Gasteiger partial charge on any atom is -0.385 e. The maximum absolute atomic E-state index is 6.29. The summed E-state index contributed by atoms with van der Waals surface area (Å²) >= 11 is 1.70. The second-order valence-electron chi connectivity index (χ2n) is 6.91. The predicted molar refractivity (Wildman–Crippen MR) is 115 cm³/mol. The average molecular weight is 479 g/mol. The number of nitrogens with two attached hydrogens (primary N) is 1. The zero-order chi connectivity index (χ0) is 16.8. The fourth-order valence-corrected chi connectivity index (χ4v) is 4.48. The number of guanidine groups is 1. The Labute approximate surface area is 171 Å². The summed E-state index contributed by atoms with van der Waals surface area (Å²) in [5, 5.41) is 3.13. The van der Waals surface area contributed by atoms with E-state index in [2.05, 4.69) is 14.8 Å². The number of thiazole rings is 1. The summed E-state index contributed by atoms with van der Waals surface area (Å²) in [6.07, 6.45) is 8.09. The highest BCUT2D eigenvalue weighted by molar-refractivity contribution is 14.0. The van der Waals surface area contributed by atoms with Crippen LogP contribution >= 0.6 is 35.3 Å². The highest BCUT2D eigenvalue weighted by Gasteiger charge is 2.33. The van der Waals surface area contributed by atoms with Gasteiger partial charge in [-0.15, -0.1) is 35.3 Å². The molecular weight excluding hydrogens is 449 g/mol. The Morgan fingerprint density at radius 2 is 2.04 bits per heavy atom. The molecule has 2 N–H and O–H groups in total. The molecule has 142 valence electrons. The second kappa shape index (κ2) is 9.91. The van der Waals surface area contributed by atoms with Crippen molar-refractivity contribution in [2.75, 3.05) is 51.3 Å². The number of ether oxygens (including phenoxy) is 1. The minimum absolute atomic E-state index is 0. The average Bonchev–Trinajstić information content (AvgIpc) is 3.31. The molecule has 0 unspecified atom stereocenters. The molecule has 1 saturated carbocycles. The van der Waals surface area contributed by atoms with Crippen LogP contribution in [0.25, 0.3) is 0 Å². The molecule has 0 amide bonds. The lowest BCUT2D eigenvalue weighted by atomic mass is 9.83. The van der Waals surface area contributed by atoms with Crippen LogP contribution in [0.1, 0.15) is 32.1 Å². The number of piperazine rings is 1. The molecule has 0 spiro atoms. The topological polar surface area (TPSA) is 67.0 Å². The van der Waals surface area contributed by atoms with Crippen molar-refractivity contribution in [2.24, 2.45) is 16.1 Å². The second-order valence-corrected chi connectivity index (χ2v) is 7.79. The largest absolute Gasteiger partial charge is 0.385 e. The number of hydrogen-bond donors (Lipinski definition) is 1. The van der Waals surface area contributed by atoms with Crippen molar-refractivity contribution in [3.05, 3.63) is 11.6 Å². The van der Waals surface area contributed by atoms with Gasteiger partial charge in [-0.25, -0.2) is 4.98 Å². The van der Waals surface area contributed by atoms with Crippen LogP contribution in [-0.2, 0) is 4.74 Å². The molecule has 1 aliphatic heterocycles. The Bertz CT molecular complexity index is 525. The normalized spacial score (nSPS) is 20.6. The summed E-state index contributed by atoms with van der Waals surface area (Å²) in [7, 11) is 1.78. The summed E-state index contributed by atoms with van der Waals surface area (Å²) in [6, 6.07) is 0. The Kier molecular flexibility index (Phi) is 8.21. The van der Waals surface area contributed by atoms with Gasteiger partial charge in [-0.1, -0.05) is 12.8 Å². The molecule has 1 aliphatic carbocycles. The third-order valence-corrected chi connectivity index (χ3v) is 6.20. The highest BCUT2D eigenvalue weighted by Crippen LogP contribution is 2.41. The maximum atomic E-state index is 6.29. The Morgan fingerprint density at radius 1 is 1.32 bits per heavy atom. The van der Waals surface area contributed by atoms with Gasteiger partial charge in [-0.05, 0) is 24.7 Å². The predicted octanol–water partition coefficient (Wildman–Crippen LogP) is 2.79. The van der Waals surface area contributed by atoms with Gasteiger partial charge in [-0.3, -0.25) is 4.99 Å². The molecule has 8 heteroatoms. The van der Waals surface area contributed by atoms with Crippen LogP contribution in [0.4, 0.5) is 5.13 Å². The zero-order valence-corrected chi connectivity index (χ0v) is 18.2. The fourth-order valence-electron chi connectivity index (χ4n) is 3.78. The van der Waals surface area contributed by atoms with Crippen LogP contribution in [0.5, 0.6) is 0 Å². The molecule has 6 nitrogen and oxygen atoms in total. The molecule has 0 aromatic carbocycles. The lowest BCUT2D eigenvalue weighted by Crippen LogP contribution is -2.51. The van der Waals surface area contributed by atoms with Gasteiger partial charge in [-0.2, -0.15) is 0 Å². The molecule has 0 radical (unpaired) electrons.